The number of aromatic nitrogens is 1. The van der Waals surface area contributed by atoms with Crippen molar-refractivity contribution in [3.05, 3.63) is 59.8 Å². The van der Waals surface area contributed by atoms with Crippen LogP contribution in [0.3, 0.4) is 0 Å². The van der Waals surface area contributed by atoms with Crippen LogP contribution in [0, 0.1) is 6.92 Å². The number of nitrogens with zero attached hydrogens (tertiary/aromatic N) is 2. The lowest BCUT2D eigenvalue weighted by molar-refractivity contribution is -0.130. The predicted molar refractivity (Wildman–Crippen MR) is 99.7 cm³/mol. The molecule has 3 aromatic rings. The van der Waals surface area contributed by atoms with E-state index in [0.717, 1.165) is 22.2 Å². The molecule has 6 nitrogen and oxygen atoms in total. The minimum absolute atomic E-state index is 0.158. The first-order chi connectivity index (χ1) is 12.6. The van der Waals surface area contributed by atoms with Crippen LogP contribution in [0.2, 0.25) is 0 Å². The predicted octanol–water partition coefficient (Wildman–Crippen LogP) is 2.78. The van der Waals surface area contributed by atoms with Crippen LogP contribution >= 0.6 is 0 Å². The van der Waals surface area contributed by atoms with Crippen LogP contribution < -0.4 is 14.9 Å². The fourth-order valence-corrected chi connectivity index (χ4v) is 3.09. The van der Waals surface area contributed by atoms with Crippen molar-refractivity contribution >= 4 is 23.0 Å². The summed E-state index contributed by atoms with van der Waals surface area (Å²) in [5.74, 6) is 0.868. The molecule has 1 atom stereocenters. The highest BCUT2D eigenvalue weighted by atomic mass is 16.6. The molecule has 2 aromatic carbocycles. The molecule has 0 saturated heterocycles. The second-order valence-electron chi connectivity index (χ2n) is 6.17. The molecular formula is C20H19N3O3. The fraction of sp³-hybridized carbons (Fsp3) is 0.200. The first-order valence-electron chi connectivity index (χ1n) is 8.40. The van der Waals surface area contributed by atoms with Gasteiger partial charge in [-0.05, 0) is 25.1 Å². The van der Waals surface area contributed by atoms with Gasteiger partial charge in [-0.15, -0.1) is 0 Å². The zero-order valence-electron chi connectivity index (χ0n) is 14.6. The molecule has 1 aromatic heterocycles. The summed E-state index contributed by atoms with van der Waals surface area (Å²) in [6, 6.07) is 15.4. The molecule has 0 unspecified atom stereocenters. The second kappa shape index (κ2) is 6.55. The van der Waals surface area contributed by atoms with Crippen LogP contribution in [-0.2, 0) is 11.8 Å². The van der Waals surface area contributed by atoms with Gasteiger partial charge in [-0.1, -0.05) is 30.3 Å². The van der Waals surface area contributed by atoms with Crippen LogP contribution in [0.15, 0.2) is 53.6 Å². The molecule has 0 spiro atoms. The number of hydrogen-bond donors (Lipinski definition) is 1. The molecule has 4 rings (SSSR count). The van der Waals surface area contributed by atoms with Crippen molar-refractivity contribution in [3.63, 3.8) is 0 Å². The maximum atomic E-state index is 12.3. The van der Waals surface area contributed by atoms with E-state index >= 15 is 0 Å². The number of carbonyl (C=O) groups is 1. The maximum absolute atomic E-state index is 12.3. The summed E-state index contributed by atoms with van der Waals surface area (Å²) < 4.78 is 13.3. The van der Waals surface area contributed by atoms with Crippen molar-refractivity contribution in [3.8, 4) is 11.5 Å². The van der Waals surface area contributed by atoms with Gasteiger partial charge in [0.15, 0.2) is 11.5 Å². The number of rotatable bonds is 3. The molecule has 1 N–H and O–H groups in total. The van der Waals surface area contributed by atoms with Gasteiger partial charge in [0, 0.05) is 29.2 Å². The summed E-state index contributed by atoms with van der Waals surface area (Å²) in [5.41, 5.74) is 5.73. The molecule has 0 fully saturated rings. The zero-order chi connectivity index (χ0) is 18.1. The number of fused-ring (bicyclic) bond motifs is 2. The lowest BCUT2D eigenvalue weighted by atomic mass is 10.1. The van der Waals surface area contributed by atoms with E-state index in [1.54, 1.807) is 12.3 Å². The maximum Gasteiger partial charge on any atom is 0.284 e. The Morgan fingerprint density at radius 3 is 2.77 bits per heavy atom. The number of amides is 1. The van der Waals surface area contributed by atoms with E-state index in [-0.39, 0.29) is 12.5 Å². The van der Waals surface area contributed by atoms with E-state index in [1.165, 1.54) is 0 Å². The number of hydrogen-bond acceptors (Lipinski definition) is 4. The van der Waals surface area contributed by atoms with Crippen molar-refractivity contribution in [2.75, 3.05) is 6.61 Å². The molecule has 26 heavy (non-hydrogen) atoms. The topological polar surface area (TPSA) is 64.8 Å². The Morgan fingerprint density at radius 1 is 1.19 bits per heavy atom. The van der Waals surface area contributed by atoms with E-state index in [4.69, 9.17) is 9.47 Å². The van der Waals surface area contributed by atoms with Gasteiger partial charge in [0.2, 0.25) is 6.10 Å². The standard InChI is InChI=1S/C20H19N3O3/c1-13-15(14-7-3-4-8-16(14)23(13)2)11-21-22-20(24)19-12-25-17-9-5-6-10-18(17)26-19/h3-11,19H,12H2,1-2H3,(H,22,24)/t19-/m0/s1. The number of nitrogens with one attached hydrogen (secondary N) is 1. The Kier molecular flexibility index (Phi) is 4.08. The average molecular weight is 349 g/mol. The summed E-state index contributed by atoms with van der Waals surface area (Å²) in [7, 11) is 2.01. The Balaban J connectivity index is 1.48. The molecule has 0 saturated carbocycles. The number of benzene rings is 2. The monoisotopic (exact) mass is 349 g/mol. The van der Waals surface area contributed by atoms with Gasteiger partial charge in [0.25, 0.3) is 5.91 Å². The van der Waals surface area contributed by atoms with Crippen molar-refractivity contribution in [1.29, 1.82) is 0 Å². The summed E-state index contributed by atoms with van der Waals surface area (Å²) in [4.78, 5) is 12.3. The van der Waals surface area contributed by atoms with E-state index in [0.29, 0.717) is 11.5 Å². The Morgan fingerprint density at radius 2 is 1.92 bits per heavy atom. The van der Waals surface area contributed by atoms with Gasteiger partial charge in [-0.2, -0.15) is 5.10 Å². The molecular weight excluding hydrogens is 330 g/mol. The smallest absolute Gasteiger partial charge is 0.284 e. The van der Waals surface area contributed by atoms with Gasteiger partial charge in [0.05, 0.1) is 6.21 Å². The summed E-state index contributed by atoms with van der Waals surface area (Å²) in [6.07, 6.45) is 0.948. The number of para-hydroxylation sites is 3. The normalized spacial score (nSPS) is 16.2. The molecule has 2 heterocycles. The van der Waals surface area contributed by atoms with Crippen LogP contribution in [-0.4, -0.2) is 29.4 Å². The highest BCUT2D eigenvalue weighted by molar-refractivity contribution is 6.01. The first kappa shape index (κ1) is 16.2. The largest absolute Gasteiger partial charge is 0.485 e. The molecule has 132 valence electrons. The molecule has 6 heteroatoms. The van der Waals surface area contributed by atoms with Crippen LogP contribution in [0.5, 0.6) is 11.5 Å². The number of aryl methyl sites for hydroxylation is 1. The van der Waals surface area contributed by atoms with Crippen LogP contribution in [0.25, 0.3) is 10.9 Å². The number of carbonyl (C=O) groups excluding carboxylic acids is 1. The Labute approximate surface area is 151 Å². The van der Waals surface area contributed by atoms with Crippen molar-refractivity contribution in [1.82, 2.24) is 9.99 Å². The third-order valence-corrected chi connectivity index (χ3v) is 4.62. The van der Waals surface area contributed by atoms with Crippen LogP contribution in [0.1, 0.15) is 11.3 Å². The second-order valence-corrected chi connectivity index (χ2v) is 6.17. The summed E-state index contributed by atoms with van der Waals surface area (Å²) in [6.45, 7) is 2.18. The average Bonchev–Trinajstić information content (AvgIpc) is 2.92. The van der Waals surface area contributed by atoms with Crippen molar-refractivity contribution in [2.24, 2.45) is 12.1 Å². The Hall–Kier alpha value is -3.28. The Bertz CT molecular complexity index is 1010. The molecule has 1 aliphatic rings. The van der Waals surface area contributed by atoms with E-state index in [2.05, 4.69) is 21.2 Å². The molecule has 0 bridgehead atoms. The van der Waals surface area contributed by atoms with Crippen LogP contribution in [0.4, 0.5) is 0 Å². The SMILES string of the molecule is Cc1c(C=NNC(=O)[C@@H]2COc3ccccc3O2)c2ccccc2n1C. The minimum Gasteiger partial charge on any atom is -0.485 e. The minimum atomic E-state index is -0.726. The molecule has 0 aliphatic carbocycles. The van der Waals surface area contributed by atoms with E-state index in [1.807, 2.05) is 50.4 Å². The highest BCUT2D eigenvalue weighted by Gasteiger charge is 2.27. The highest BCUT2D eigenvalue weighted by Crippen LogP contribution is 2.30. The first-order valence-corrected chi connectivity index (χ1v) is 8.40. The van der Waals surface area contributed by atoms with E-state index in [9.17, 15) is 4.79 Å². The van der Waals surface area contributed by atoms with Gasteiger partial charge < -0.3 is 14.0 Å². The van der Waals surface area contributed by atoms with Gasteiger partial charge in [-0.3, -0.25) is 4.79 Å². The molecule has 0 radical (unpaired) electrons. The quantitative estimate of drug-likeness (QED) is 0.584. The third kappa shape index (κ3) is 2.79. The van der Waals surface area contributed by atoms with Crippen molar-refractivity contribution < 1.29 is 14.3 Å². The van der Waals surface area contributed by atoms with Gasteiger partial charge >= 0.3 is 0 Å². The lowest BCUT2D eigenvalue weighted by Gasteiger charge is -2.24. The van der Waals surface area contributed by atoms with Gasteiger partial charge in [-0.25, -0.2) is 5.43 Å². The molecule has 1 aliphatic heterocycles. The van der Waals surface area contributed by atoms with Crippen molar-refractivity contribution in [2.45, 2.75) is 13.0 Å². The summed E-state index contributed by atoms with van der Waals surface area (Å²) in [5, 5.41) is 5.22. The third-order valence-electron chi connectivity index (χ3n) is 4.62. The summed E-state index contributed by atoms with van der Waals surface area (Å²) >= 11 is 0. The van der Waals surface area contributed by atoms with Gasteiger partial charge in [0.1, 0.15) is 6.61 Å². The molecule has 1 amide bonds. The number of ether oxygens (including phenoxy) is 2. The van der Waals surface area contributed by atoms with E-state index < -0.39 is 6.10 Å². The lowest BCUT2D eigenvalue weighted by Crippen LogP contribution is -2.42. The zero-order valence-corrected chi connectivity index (χ0v) is 14.6. The number of hydrazone groups is 1. The fourth-order valence-electron chi connectivity index (χ4n) is 3.09.